The highest BCUT2D eigenvalue weighted by atomic mass is 16.5. The third-order valence-electron chi connectivity index (χ3n) is 6.20. The first-order chi connectivity index (χ1) is 14.8. The van der Waals surface area contributed by atoms with E-state index < -0.39 is 0 Å². The van der Waals surface area contributed by atoms with Crippen LogP contribution in [-0.4, -0.2) is 45.6 Å². The number of rotatable bonds is 6. The molecule has 1 N–H and O–H groups in total. The van der Waals surface area contributed by atoms with Gasteiger partial charge < -0.3 is 14.7 Å². The molecule has 1 amide bonds. The molecule has 2 aromatic heterocycles. The molecule has 0 saturated carbocycles. The number of aryl methyl sites for hydroxylation is 1. The Labute approximate surface area is 175 Å². The summed E-state index contributed by atoms with van der Waals surface area (Å²) in [5.41, 5.74) is 2.06. The van der Waals surface area contributed by atoms with Crippen LogP contribution in [0.5, 0.6) is 0 Å². The molecule has 3 atom stereocenters. The summed E-state index contributed by atoms with van der Waals surface area (Å²) >= 11 is 0. The van der Waals surface area contributed by atoms with E-state index in [0.29, 0.717) is 42.8 Å². The second kappa shape index (κ2) is 8.36. The van der Waals surface area contributed by atoms with Gasteiger partial charge in [0.25, 0.3) is 0 Å². The van der Waals surface area contributed by atoms with Gasteiger partial charge in [0, 0.05) is 56.4 Å². The van der Waals surface area contributed by atoms with E-state index >= 15 is 0 Å². The highest BCUT2D eigenvalue weighted by molar-refractivity contribution is 5.77. The number of pyridine rings is 1. The van der Waals surface area contributed by atoms with E-state index in [9.17, 15) is 4.79 Å². The number of hydrogen-bond acceptors (Lipinski definition) is 6. The zero-order valence-electron chi connectivity index (χ0n) is 16.8. The van der Waals surface area contributed by atoms with Crippen LogP contribution in [0, 0.1) is 11.8 Å². The molecular formula is C23H25N5O2. The van der Waals surface area contributed by atoms with Crippen molar-refractivity contribution >= 4 is 5.91 Å². The van der Waals surface area contributed by atoms with Crippen LogP contribution in [0.2, 0.25) is 0 Å². The molecule has 2 aliphatic heterocycles. The van der Waals surface area contributed by atoms with Gasteiger partial charge in [-0.15, -0.1) is 0 Å². The fourth-order valence-electron chi connectivity index (χ4n) is 4.76. The van der Waals surface area contributed by atoms with Crippen molar-refractivity contribution in [1.29, 1.82) is 0 Å². The lowest BCUT2D eigenvalue weighted by Crippen LogP contribution is -2.34. The Morgan fingerprint density at radius 3 is 2.90 bits per heavy atom. The van der Waals surface area contributed by atoms with E-state index in [-0.39, 0.29) is 11.9 Å². The summed E-state index contributed by atoms with van der Waals surface area (Å²) in [4.78, 5) is 23.7. The summed E-state index contributed by atoms with van der Waals surface area (Å²) in [5, 5.41) is 7.52. The Balaban J connectivity index is 1.22. The molecule has 0 bridgehead atoms. The number of nitrogens with zero attached hydrogens (tertiary/aromatic N) is 4. The van der Waals surface area contributed by atoms with E-state index in [2.05, 4.69) is 49.6 Å². The lowest BCUT2D eigenvalue weighted by molar-refractivity contribution is -0.132. The molecule has 30 heavy (non-hydrogen) atoms. The Kier molecular flexibility index (Phi) is 5.27. The minimum atomic E-state index is 0.166. The van der Waals surface area contributed by atoms with Gasteiger partial charge in [0.15, 0.2) is 0 Å². The molecule has 0 spiro atoms. The number of hydrogen-bond donors (Lipinski definition) is 1. The van der Waals surface area contributed by atoms with Gasteiger partial charge in [0.05, 0.1) is 6.04 Å². The van der Waals surface area contributed by atoms with E-state index in [4.69, 9.17) is 4.52 Å². The predicted molar refractivity (Wildman–Crippen MR) is 111 cm³/mol. The van der Waals surface area contributed by atoms with Crippen LogP contribution < -0.4 is 5.32 Å². The highest BCUT2D eigenvalue weighted by Gasteiger charge is 2.46. The average molecular weight is 403 g/mol. The molecule has 0 unspecified atom stereocenters. The number of amides is 1. The van der Waals surface area contributed by atoms with Gasteiger partial charge in [-0.05, 0) is 30.0 Å². The monoisotopic (exact) mass is 403 g/mol. The molecule has 7 nitrogen and oxygen atoms in total. The lowest BCUT2D eigenvalue weighted by Gasteiger charge is -2.28. The first-order valence-electron chi connectivity index (χ1n) is 10.6. The topological polar surface area (TPSA) is 84.1 Å². The second-order valence-corrected chi connectivity index (χ2v) is 8.09. The third-order valence-corrected chi connectivity index (χ3v) is 6.20. The number of fused-ring (bicyclic) bond motifs is 1. The van der Waals surface area contributed by atoms with Crippen LogP contribution in [0.3, 0.4) is 0 Å². The number of nitrogens with one attached hydrogen (secondary N) is 1. The maximum atomic E-state index is 13.1. The van der Waals surface area contributed by atoms with Crippen molar-refractivity contribution in [1.82, 2.24) is 25.3 Å². The van der Waals surface area contributed by atoms with Gasteiger partial charge in [-0.2, -0.15) is 4.98 Å². The molecule has 2 aliphatic rings. The normalized spacial score (nSPS) is 22.9. The smallest absolute Gasteiger partial charge is 0.226 e. The molecule has 0 radical (unpaired) electrons. The van der Waals surface area contributed by atoms with Crippen molar-refractivity contribution in [3.05, 3.63) is 66.3 Å². The summed E-state index contributed by atoms with van der Waals surface area (Å²) in [6.07, 6.45) is 5.19. The van der Waals surface area contributed by atoms with Crippen molar-refractivity contribution in [2.24, 2.45) is 11.8 Å². The summed E-state index contributed by atoms with van der Waals surface area (Å²) in [7, 11) is 0. The van der Waals surface area contributed by atoms with E-state index in [0.717, 1.165) is 25.2 Å². The largest absolute Gasteiger partial charge is 0.339 e. The van der Waals surface area contributed by atoms with Crippen LogP contribution >= 0.6 is 0 Å². The van der Waals surface area contributed by atoms with Crippen molar-refractivity contribution in [3.63, 3.8) is 0 Å². The number of likely N-dealkylation sites (tertiary alicyclic amines) is 1. The van der Waals surface area contributed by atoms with E-state index in [1.165, 1.54) is 5.56 Å². The van der Waals surface area contributed by atoms with Crippen molar-refractivity contribution in [2.45, 2.75) is 25.3 Å². The fraction of sp³-hybridized carbons (Fsp3) is 0.391. The Hall–Kier alpha value is -3.06. The van der Waals surface area contributed by atoms with Crippen LogP contribution in [-0.2, 0) is 11.2 Å². The Morgan fingerprint density at radius 1 is 1.17 bits per heavy atom. The van der Waals surface area contributed by atoms with Gasteiger partial charge in [0.2, 0.25) is 17.6 Å². The first-order valence-corrected chi connectivity index (χ1v) is 10.6. The Bertz CT molecular complexity index is 991. The molecule has 1 aromatic carbocycles. The molecule has 5 rings (SSSR count). The summed E-state index contributed by atoms with van der Waals surface area (Å²) < 4.78 is 5.36. The van der Waals surface area contributed by atoms with Crippen molar-refractivity contribution in [3.8, 4) is 11.4 Å². The second-order valence-electron chi connectivity index (χ2n) is 8.09. The van der Waals surface area contributed by atoms with E-state index in [1.807, 2.05) is 18.2 Å². The van der Waals surface area contributed by atoms with Crippen molar-refractivity contribution in [2.75, 3.05) is 19.6 Å². The molecule has 154 valence electrons. The third kappa shape index (κ3) is 3.73. The first kappa shape index (κ1) is 18.9. The predicted octanol–water partition coefficient (Wildman–Crippen LogP) is 2.87. The zero-order valence-corrected chi connectivity index (χ0v) is 16.8. The minimum Gasteiger partial charge on any atom is -0.339 e. The quantitative estimate of drug-likeness (QED) is 0.681. The van der Waals surface area contributed by atoms with Crippen LogP contribution in [0.15, 0.2) is 59.4 Å². The fourth-order valence-corrected chi connectivity index (χ4v) is 4.76. The standard InChI is InChI=1S/C23H25N5O2/c29-21(10-4-9-20-26-23(27-30-20)17-8-5-11-24-12-17)28-15-18-13-25-14-19(18)22(28)16-6-2-1-3-7-16/h1-3,5-8,11-12,18-19,22,25H,4,9-10,13-15H2/t18-,19-,22-/m0/s1. The van der Waals surface area contributed by atoms with Gasteiger partial charge in [0.1, 0.15) is 0 Å². The Morgan fingerprint density at radius 2 is 2.07 bits per heavy atom. The SMILES string of the molecule is O=C(CCCc1nc(-c2cccnc2)no1)N1C[C@@H]2CNC[C@@H]2[C@@H]1c1ccccc1. The highest BCUT2D eigenvalue weighted by Crippen LogP contribution is 2.42. The maximum Gasteiger partial charge on any atom is 0.226 e. The van der Waals surface area contributed by atoms with Gasteiger partial charge in [-0.25, -0.2) is 0 Å². The summed E-state index contributed by atoms with van der Waals surface area (Å²) in [6.45, 7) is 2.81. The molecule has 0 aliphatic carbocycles. The molecular weight excluding hydrogens is 378 g/mol. The number of carbonyl (C=O) groups excluding carboxylic acids is 1. The number of aromatic nitrogens is 3. The maximum absolute atomic E-state index is 13.1. The molecule has 2 fully saturated rings. The summed E-state index contributed by atoms with van der Waals surface area (Å²) in [5.74, 6) is 2.34. The van der Waals surface area contributed by atoms with Gasteiger partial charge >= 0.3 is 0 Å². The van der Waals surface area contributed by atoms with Gasteiger partial charge in [-0.1, -0.05) is 35.5 Å². The van der Waals surface area contributed by atoms with Gasteiger partial charge in [-0.3, -0.25) is 9.78 Å². The molecule has 4 heterocycles. The minimum absolute atomic E-state index is 0.166. The molecule has 7 heteroatoms. The van der Waals surface area contributed by atoms with Crippen LogP contribution in [0.4, 0.5) is 0 Å². The van der Waals surface area contributed by atoms with E-state index in [1.54, 1.807) is 12.4 Å². The average Bonchev–Trinajstić information content (AvgIpc) is 3.51. The zero-order chi connectivity index (χ0) is 20.3. The lowest BCUT2D eigenvalue weighted by atomic mass is 9.89. The molecule has 2 saturated heterocycles. The van der Waals surface area contributed by atoms with Crippen LogP contribution in [0.1, 0.15) is 30.3 Å². The summed E-state index contributed by atoms with van der Waals surface area (Å²) in [6, 6.07) is 14.3. The molecule has 3 aromatic rings. The van der Waals surface area contributed by atoms with Crippen molar-refractivity contribution < 1.29 is 9.32 Å². The van der Waals surface area contributed by atoms with Crippen LogP contribution in [0.25, 0.3) is 11.4 Å². The number of carbonyl (C=O) groups is 1. The number of benzene rings is 1.